The molecule has 1 aromatic carbocycles. The second-order valence-corrected chi connectivity index (χ2v) is 6.13. The van der Waals surface area contributed by atoms with Crippen molar-refractivity contribution < 1.29 is 19.4 Å². The lowest BCUT2D eigenvalue weighted by molar-refractivity contribution is -0.143. The normalized spacial score (nSPS) is 18.4. The number of hydrogen-bond acceptors (Lipinski definition) is 4. The van der Waals surface area contributed by atoms with Crippen molar-refractivity contribution in [1.82, 2.24) is 9.88 Å². The zero-order valence-electron chi connectivity index (χ0n) is 13.8. The summed E-state index contributed by atoms with van der Waals surface area (Å²) in [5.74, 6) is -1.84. The maximum Gasteiger partial charge on any atom is 0.310 e. The number of fused-ring (bicyclic) bond motifs is 1. The summed E-state index contributed by atoms with van der Waals surface area (Å²) in [6.07, 6.45) is 0. The molecule has 6 nitrogen and oxygen atoms in total. The molecule has 0 bridgehead atoms. The molecule has 1 N–H and O–H groups in total. The molecule has 0 saturated carbocycles. The van der Waals surface area contributed by atoms with Gasteiger partial charge in [0, 0.05) is 18.5 Å². The van der Waals surface area contributed by atoms with Crippen LogP contribution < -0.4 is 0 Å². The molecule has 2 aromatic rings. The average Bonchev–Trinajstić information content (AvgIpc) is 2.81. The number of rotatable bonds is 2. The number of carboxylic acid groups (broad SMARTS) is 1. The van der Waals surface area contributed by atoms with Crippen LogP contribution in [0.3, 0.4) is 0 Å². The van der Waals surface area contributed by atoms with E-state index in [0.29, 0.717) is 24.4 Å². The van der Waals surface area contributed by atoms with E-state index in [-0.39, 0.29) is 19.1 Å². The van der Waals surface area contributed by atoms with E-state index in [1.54, 1.807) is 4.90 Å². The Kier molecular flexibility index (Phi) is 4.49. The Labute approximate surface area is 140 Å². The molecule has 1 aliphatic rings. The Morgan fingerprint density at radius 1 is 1.33 bits per heavy atom. The van der Waals surface area contributed by atoms with Crippen LogP contribution >= 0.6 is 0 Å². The van der Waals surface area contributed by atoms with Crippen LogP contribution in [-0.4, -0.2) is 53.2 Å². The van der Waals surface area contributed by atoms with E-state index >= 15 is 0 Å². The van der Waals surface area contributed by atoms with Crippen LogP contribution in [0.2, 0.25) is 0 Å². The zero-order chi connectivity index (χ0) is 17.3. The monoisotopic (exact) mass is 328 g/mol. The van der Waals surface area contributed by atoms with E-state index in [1.165, 1.54) is 0 Å². The van der Waals surface area contributed by atoms with Crippen molar-refractivity contribution in [2.45, 2.75) is 13.8 Å². The smallest absolute Gasteiger partial charge is 0.310 e. The van der Waals surface area contributed by atoms with Gasteiger partial charge in [-0.3, -0.25) is 14.6 Å². The van der Waals surface area contributed by atoms with E-state index < -0.39 is 11.9 Å². The predicted octanol–water partition coefficient (Wildman–Crippen LogP) is 2.02. The third-order valence-electron chi connectivity index (χ3n) is 4.37. The molecule has 0 spiro atoms. The van der Waals surface area contributed by atoms with Gasteiger partial charge in [0.05, 0.1) is 35.9 Å². The average molecular weight is 328 g/mol. The molecule has 0 aliphatic carbocycles. The van der Waals surface area contributed by atoms with E-state index in [9.17, 15) is 14.7 Å². The van der Waals surface area contributed by atoms with Crippen molar-refractivity contribution in [2.24, 2.45) is 5.92 Å². The van der Waals surface area contributed by atoms with Gasteiger partial charge >= 0.3 is 5.97 Å². The highest BCUT2D eigenvalue weighted by Crippen LogP contribution is 2.21. The molecular weight excluding hydrogens is 308 g/mol. The summed E-state index contributed by atoms with van der Waals surface area (Å²) in [5, 5.41) is 10.1. The summed E-state index contributed by atoms with van der Waals surface area (Å²) in [6, 6.07) is 7.69. The predicted molar refractivity (Wildman–Crippen MR) is 89.1 cm³/mol. The minimum Gasteiger partial charge on any atom is -0.481 e. The van der Waals surface area contributed by atoms with Crippen molar-refractivity contribution in [3.8, 4) is 0 Å². The SMILES string of the molecule is Cc1nc2c(C)cccc2cc1C(=O)N1CCOCC(C(=O)O)C1. The number of carboxylic acids is 1. The topological polar surface area (TPSA) is 79.7 Å². The van der Waals surface area contributed by atoms with Crippen LogP contribution in [0, 0.1) is 19.8 Å². The van der Waals surface area contributed by atoms with Gasteiger partial charge in [0.1, 0.15) is 0 Å². The summed E-state index contributed by atoms with van der Waals surface area (Å²) in [4.78, 5) is 30.3. The Morgan fingerprint density at radius 3 is 2.88 bits per heavy atom. The molecule has 1 fully saturated rings. The highest BCUT2D eigenvalue weighted by atomic mass is 16.5. The first-order valence-electron chi connectivity index (χ1n) is 7.94. The summed E-state index contributed by atoms with van der Waals surface area (Å²) in [7, 11) is 0. The highest BCUT2D eigenvalue weighted by Gasteiger charge is 2.28. The first-order valence-corrected chi connectivity index (χ1v) is 7.94. The third-order valence-corrected chi connectivity index (χ3v) is 4.37. The van der Waals surface area contributed by atoms with Gasteiger partial charge in [-0.25, -0.2) is 0 Å². The number of hydrogen-bond donors (Lipinski definition) is 1. The quantitative estimate of drug-likeness (QED) is 0.912. The minimum atomic E-state index is -0.946. The van der Waals surface area contributed by atoms with Crippen LogP contribution in [0.4, 0.5) is 0 Å². The molecule has 1 aromatic heterocycles. The summed E-state index contributed by atoms with van der Waals surface area (Å²) < 4.78 is 5.31. The maximum atomic E-state index is 12.9. The lowest BCUT2D eigenvalue weighted by atomic mass is 10.0. The lowest BCUT2D eigenvalue weighted by Crippen LogP contribution is -2.38. The number of ether oxygens (including phenoxy) is 1. The van der Waals surface area contributed by atoms with Gasteiger partial charge in [-0.05, 0) is 25.5 Å². The molecular formula is C18H20N2O4. The molecule has 1 saturated heterocycles. The van der Waals surface area contributed by atoms with Crippen LogP contribution in [0.1, 0.15) is 21.6 Å². The number of amides is 1. The minimum absolute atomic E-state index is 0.132. The van der Waals surface area contributed by atoms with Crippen molar-refractivity contribution in [3.63, 3.8) is 0 Å². The number of pyridine rings is 1. The molecule has 126 valence electrons. The standard InChI is InChI=1S/C18H20N2O4/c1-11-4-3-5-13-8-15(12(2)19-16(11)13)17(21)20-6-7-24-10-14(9-20)18(22)23/h3-5,8,14H,6-7,9-10H2,1-2H3,(H,22,23). The first kappa shape index (κ1) is 16.4. The van der Waals surface area contributed by atoms with Crippen LogP contribution in [0.5, 0.6) is 0 Å². The Morgan fingerprint density at radius 2 is 2.12 bits per heavy atom. The van der Waals surface area contributed by atoms with Crippen LogP contribution in [0.25, 0.3) is 10.9 Å². The van der Waals surface area contributed by atoms with Gasteiger partial charge in [-0.2, -0.15) is 0 Å². The molecule has 1 atom stereocenters. The van der Waals surface area contributed by atoms with Gasteiger partial charge in [-0.15, -0.1) is 0 Å². The Bertz CT molecular complexity index is 803. The molecule has 3 rings (SSSR count). The molecule has 24 heavy (non-hydrogen) atoms. The van der Waals surface area contributed by atoms with E-state index in [2.05, 4.69) is 4.98 Å². The fraction of sp³-hybridized carbons (Fsp3) is 0.389. The number of carbonyl (C=O) groups excluding carboxylic acids is 1. The number of aliphatic carboxylic acids is 1. The fourth-order valence-corrected chi connectivity index (χ4v) is 2.97. The van der Waals surface area contributed by atoms with Crippen LogP contribution in [0.15, 0.2) is 24.3 Å². The molecule has 6 heteroatoms. The molecule has 0 radical (unpaired) electrons. The van der Waals surface area contributed by atoms with E-state index in [4.69, 9.17) is 4.74 Å². The van der Waals surface area contributed by atoms with Gasteiger partial charge in [0.15, 0.2) is 0 Å². The zero-order valence-corrected chi connectivity index (χ0v) is 13.8. The van der Waals surface area contributed by atoms with Gasteiger partial charge in [-0.1, -0.05) is 18.2 Å². The molecule has 2 heterocycles. The summed E-state index contributed by atoms with van der Waals surface area (Å²) in [5.41, 5.74) is 3.11. The maximum absolute atomic E-state index is 12.9. The van der Waals surface area contributed by atoms with Gasteiger partial charge < -0.3 is 14.7 Å². The largest absolute Gasteiger partial charge is 0.481 e. The number of benzene rings is 1. The molecule has 1 unspecified atom stereocenters. The second kappa shape index (κ2) is 6.57. The van der Waals surface area contributed by atoms with Gasteiger partial charge in [0.25, 0.3) is 5.91 Å². The number of nitrogens with zero attached hydrogens (tertiary/aromatic N) is 2. The van der Waals surface area contributed by atoms with Crippen molar-refractivity contribution in [3.05, 3.63) is 41.1 Å². The lowest BCUT2D eigenvalue weighted by Gasteiger charge is -2.22. The molecule has 1 aliphatic heterocycles. The number of aromatic nitrogens is 1. The number of aryl methyl sites for hydroxylation is 2. The first-order chi connectivity index (χ1) is 11.5. The van der Waals surface area contributed by atoms with Crippen molar-refractivity contribution >= 4 is 22.8 Å². The summed E-state index contributed by atoms with van der Waals surface area (Å²) in [6.45, 7) is 4.80. The Balaban J connectivity index is 1.95. The van der Waals surface area contributed by atoms with Gasteiger partial charge in [0.2, 0.25) is 0 Å². The third kappa shape index (κ3) is 3.10. The van der Waals surface area contributed by atoms with Crippen LogP contribution in [-0.2, 0) is 9.53 Å². The van der Waals surface area contributed by atoms with E-state index in [1.807, 2.05) is 38.1 Å². The summed E-state index contributed by atoms with van der Waals surface area (Å²) >= 11 is 0. The van der Waals surface area contributed by atoms with Crippen molar-refractivity contribution in [1.29, 1.82) is 0 Å². The Hall–Kier alpha value is -2.47. The van der Waals surface area contributed by atoms with Crippen molar-refractivity contribution in [2.75, 3.05) is 26.3 Å². The highest BCUT2D eigenvalue weighted by molar-refractivity contribution is 5.99. The molecule has 1 amide bonds. The second-order valence-electron chi connectivity index (χ2n) is 6.13. The number of para-hydroxylation sites is 1. The fourth-order valence-electron chi connectivity index (χ4n) is 2.97. The van der Waals surface area contributed by atoms with E-state index in [0.717, 1.165) is 16.5 Å². The number of carbonyl (C=O) groups is 2.